The Morgan fingerprint density at radius 1 is 1.28 bits per heavy atom. The number of nitrogens with zero attached hydrogens (tertiary/aromatic N) is 4. The Kier molecular flexibility index (Phi) is 5.91. The van der Waals surface area contributed by atoms with Crippen LogP contribution in [0.5, 0.6) is 0 Å². The third-order valence-electron chi connectivity index (χ3n) is 3.31. The summed E-state index contributed by atoms with van der Waals surface area (Å²) in [6.07, 6.45) is -4.87. The van der Waals surface area contributed by atoms with E-state index in [-0.39, 0.29) is 19.0 Å². The quantitative estimate of drug-likeness (QED) is 0.545. The number of alkyl halides is 3. The summed E-state index contributed by atoms with van der Waals surface area (Å²) in [5.74, 6) is -1.80. The van der Waals surface area contributed by atoms with Gasteiger partial charge in [-0.05, 0) is 18.0 Å². The third kappa shape index (κ3) is 5.41. The van der Waals surface area contributed by atoms with E-state index in [2.05, 4.69) is 15.4 Å². The van der Waals surface area contributed by atoms with Gasteiger partial charge in [-0.15, -0.1) is 0 Å². The number of benzene rings is 1. The topological polar surface area (TPSA) is 97.1 Å². The number of fused-ring (bicyclic) bond motifs is 1. The highest BCUT2D eigenvalue weighted by Gasteiger charge is 2.38. The van der Waals surface area contributed by atoms with Gasteiger partial charge >= 0.3 is 12.1 Å². The van der Waals surface area contributed by atoms with Crippen LogP contribution in [0.2, 0.25) is 0 Å². The number of nitrogens with one attached hydrogen (secondary N) is 2. The van der Waals surface area contributed by atoms with Crippen LogP contribution >= 0.6 is 0 Å². The van der Waals surface area contributed by atoms with Crippen LogP contribution in [0.3, 0.4) is 0 Å². The van der Waals surface area contributed by atoms with Crippen molar-refractivity contribution in [1.82, 2.24) is 20.3 Å². The SMILES string of the molecule is CN(CCNC(=O)C(F)(F)F)CCNc1nc2ccccc2[n+]([O-])n1. The van der Waals surface area contributed by atoms with Gasteiger partial charge in [-0.1, -0.05) is 12.1 Å². The van der Waals surface area contributed by atoms with Crippen LogP contribution in [0.25, 0.3) is 11.0 Å². The van der Waals surface area contributed by atoms with E-state index in [9.17, 15) is 23.2 Å². The summed E-state index contributed by atoms with van der Waals surface area (Å²) in [7, 11) is 1.69. The second-order valence-electron chi connectivity index (χ2n) is 5.28. The maximum atomic E-state index is 12.0. The lowest BCUT2D eigenvalue weighted by atomic mass is 10.3. The molecule has 1 amide bonds. The summed E-state index contributed by atoms with van der Waals surface area (Å²) < 4.78 is 36.1. The van der Waals surface area contributed by atoms with Crippen molar-refractivity contribution in [3.63, 3.8) is 0 Å². The molecule has 0 spiro atoms. The van der Waals surface area contributed by atoms with E-state index in [1.54, 1.807) is 41.5 Å². The van der Waals surface area contributed by atoms with Gasteiger partial charge in [0.1, 0.15) is 5.52 Å². The van der Waals surface area contributed by atoms with Crippen LogP contribution in [0.15, 0.2) is 24.3 Å². The molecule has 0 bridgehead atoms. The highest BCUT2D eigenvalue weighted by molar-refractivity contribution is 5.81. The number of carbonyl (C=O) groups excluding carboxylic acids is 1. The van der Waals surface area contributed by atoms with Crippen molar-refractivity contribution in [1.29, 1.82) is 0 Å². The lowest BCUT2D eigenvalue weighted by Gasteiger charge is -2.17. The van der Waals surface area contributed by atoms with Gasteiger partial charge in [-0.2, -0.15) is 13.2 Å². The maximum Gasteiger partial charge on any atom is 0.471 e. The summed E-state index contributed by atoms with van der Waals surface area (Å²) >= 11 is 0. The molecule has 1 aromatic heterocycles. The Hall–Kier alpha value is -2.69. The summed E-state index contributed by atoms with van der Waals surface area (Å²) in [4.78, 5) is 17.1. The highest BCUT2D eigenvalue weighted by Crippen LogP contribution is 2.13. The first-order valence-corrected chi connectivity index (χ1v) is 7.41. The number of halogens is 3. The minimum absolute atomic E-state index is 0.123. The summed E-state index contributed by atoms with van der Waals surface area (Å²) in [5, 5.41) is 20.2. The monoisotopic (exact) mass is 358 g/mol. The lowest BCUT2D eigenvalue weighted by molar-refractivity contribution is -0.641. The Morgan fingerprint density at radius 3 is 2.68 bits per heavy atom. The molecule has 0 fully saturated rings. The maximum absolute atomic E-state index is 12.0. The molecule has 0 radical (unpaired) electrons. The van der Waals surface area contributed by atoms with Crippen molar-refractivity contribution in [2.75, 3.05) is 38.5 Å². The molecule has 2 N–H and O–H groups in total. The smallest absolute Gasteiger partial charge is 0.471 e. The molecule has 136 valence electrons. The summed E-state index contributed by atoms with van der Waals surface area (Å²) in [6.45, 7) is 0.949. The molecule has 0 atom stereocenters. The highest BCUT2D eigenvalue weighted by atomic mass is 19.4. The number of anilines is 1. The number of amides is 1. The van der Waals surface area contributed by atoms with E-state index in [0.29, 0.717) is 29.0 Å². The standard InChI is InChI=1S/C14H17F3N6O2/c1-22(8-6-18-12(24)14(15,16)17)9-7-19-13-20-10-4-2-3-5-11(10)23(25)21-13/h2-5H,6-9H2,1H3,(H,18,24)(H,19,20,21). The number of likely N-dealkylation sites (N-methyl/N-ethyl adjacent to an activating group) is 1. The molecular formula is C14H17F3N6O2. The molecule has 2 aromatic rings. The molecule has 1 aromatic carbocycles. The minimum Gasteiger partial charge on any atom is -0.594 e. The van der Waals surface area contributed by atoms with Gasteiger partial charge in [0.25, 0.3) is 11.5 Å². The minimum atomic E-state index is -4.87. The first-order valence-electron chi connectivity index (χ1n) is 7.41. The molecule has 0 saturated heterocycles. The number of carbonyl (C=O) groups is 1. The molecule has 0 aliphatic heterocycles. The third-order valence-corrected chi connectivity index (χ3v) is 3.31. The van der Waals surface area contributed by atoms with E-state index >= 15 is 0 Å². The van der Waals surface area contributed by atoms with E-state index < -0.39 is 12.1 Å². The molecule has 2 rings (SSSR count). The van der Waals surface area contributed by atoms with Crippen LogP contribution in [0, 0.1) is 5.21 Å². The first kappa shape index (κ1) is 18.6. The Balaban J connectivity index is 1.76. The molecule has 0 saturated carbocycles. The van der Waals surface area contributed by atoms with Gasteiger partial charge in [-0.3, -0.25) is 4.79 Å². The first-order chi connectivity index (χ1) is 11.8. The zero-order chi connectivity index (χ0) is 18.4. The molecule has 1 heterocycles. The largest absolute Gasteiger partial charge is 0.594 e. The molecule has 0 aliphatic carbocycles. The predicted octanol–water partition coefficient (Wildman–Crippen LogP) is 0.285. The Bertz CT molecular complexity index is 740. The zero-order valence-electron chi connectivity index (χ0n) is 13.4. The molecular weight excluding hydrogens is 341 g/mol. The summed E-state index contributed by atoms with van der Waals surface area (Å²) in [6, 6.07) is 6.75. The fraction of sp³-hybridized carbons (Fsp3) is 0.429. The second kappa shape index (κ2) is 7.92. The van der Waals surface area contributed by atoms with Gasteiger partial charge < -0.3 is 20.7 Å². The van der Waals surface area contributed by atoms with E-state index in [4.69, 9.17) is 0 Å². The normalized spacial score (nSPS) is 11.7. The van der Waals surface area contributed by atoms with Gasteiger partial charge in [0.05, 0.1) is 5.10 Å². The molecule has 25 heavy (non-hydrogen) atoms. The second-order valence-corrected chi connectivity index (χ2v) is 5.28. The van der Waals surface area contributed by atoms with Gasteiger partial charge in [0.15, 0.2) is 0 Å². The summed E-state index contributed by atoms with van der Waals surface area (Å²) in [5.41, 5.74) is 0.851. The number of aromatic nitrogens is 3. The van der Waals surface area contributed by atoms with E-state index in [1.165, 1.54) is 0 Å². The number of hydrogen-bond donors (Lipinski definition) is 2. The van der Waals surface area contributed by atoms with Gasteiger partial charge in [-0.25, -0.2) is 4.98 Å². The van der Waals surface area contributed by atoms with Gasteiger partial charge in [0.2, 0.25) is 0 Å². The van der Waals surface area contributed by atoms with Crippen LogP contribution in [-0.4, -0.2) is 60.3 Å². The molecule has 8 nitrogen and oxygen atoms in total. The zero-order valence-corrected chi connectivity index (χ0v) is 13.4. The Morgan fingerprint density at radius 2 is 1.96 bits per heavy atom. The fourth-order valence-corrected chi connectivity index (χ4v) is 2.00. The van der Waals surface area contributed by atoms with Crippen LogP contribution in [0.1, 0.15) is 0 Å². The van der Waals surface area contributed by atoms with Crippen molar-refractivity contribution in [3.8, 4) is 0 Å². The van der Waals surface area contributed by atoms with Crippen molar-refractivity contribution in [2.45, 2.75) is 6.18 Å². The number of hydrogen-bond acceptors (Lipinski definition) is 6. The van der Waals surface area contributed by atoms with Crippen molar-refractivity contribution in [2.24, 2.45) is 0 Å². The molecule has 11 heteroatoms. The number of para-hydroxylation sites is 2. The molecule has 0 aliphatic rings. The molecule has 0 unspecified atom stereocenters. The van der Waals surface area contributed by atoms with Crippen molar-refractivity contribution in [3.05, 3.63) is 29.5 Å². The van der Waals surface area contributed by atoms with E-state index in [1.807, 2.05) is 0 Å². The lowest BCUT2D eigenvalue weighted by Crippen LogP contribution is -2.41. The Labute approximate surface area is 141 Å². The van der Waals surface area contributed by atoms with Crippen LogP contribution in [-0.2, 0) is 4.79 Å². The average Bonchev–Trinajstić information content (AvgIpc) is 2.54. The van der Waals surface area contributed by atoms with Gasteiger partial charge in [0, 0.05) is 32.2 Å². The van der Waals surface area contributed by atoms with Crippen molar-refractivity contribution < 1.29 is 22.8 Å². The van der Waals surface area contributed by atoms with Crippen LogP contribution < -0.4 is 15.5 Å². The van der Waals surface area contributed by atoms with Crippen LogP contribution in [0.4, 0.5) is 19.1 Å². The predicted molar refractivity (Wildman–Crippen MR) is 83.5 cm³/mol. The van der Waals surface area contributed by atoms with E-state index in [0.717, 1.165) is 0 Å². The van der Waals surface area contributed by atoms with Crippen molar-refractivity contribution >= 4 is 22.9 Å². The number of rotatable bonds is 7. The fourth-order valence-electron chi connectivity index (χ4n) is 2.00. The average molecular weight is 358 g/mol.